The maximum absolute atomic E-state index is 6.33. The van der Waals surface area contributed by atoms with E-state index >= 15 is 0 Å². The molecule has 242 valence electrons. The van der Waals surface area contributed by atoms with Crippen LogP contribution >= 0.6 is 0 Å². The summed E-state index contributed by atoms with van der Waals surface area (Å²) in [5.41, 5.74) is 8.38. The van der Waals surface area contributed by atoms with Crippen molar-refractivity contribution in [2.24, 2.45) is 0 Å². The molecule has 0 atom stereocenters. The average Bonchev–Trinajstić information content (AvgIpc) is 3.79. The fourth-order valence-corrected chi connectivity index (χ4v) is 7.68. The molecule has 0 N–H and O–H groups in total. The van der Waals surface area contributed by atoms with E-state index in [2.05, 4.69) is 115 Å². The molecule has 52 heavy (non-hydrogen) atoms. The van der Waals surface area contributed by atoms with Gasteiger partial charge in [0, 0.05) is 43.6 Å². The molecular weight excluding hydrogens is 639 g/mol. The second kappa shape index (κ2) is 11.2. The summed E-state index contributed by atoms with van der Waals surface area (Å²) >= 11 is 0. The Morgan fingerprint density at radius 3 is 1.60 bits per heavy atom. The first-order valence-corrected chi connectivity index (χ1v) is 17.3. The van der Waals surface area contributed by atoms with Gasteiger partial charge in [0.15, 0.2) is 17.5 Å². The van der Waals surface area contributed by atoms with E-state index in [1.807, 2.05) is 48.5 Å². The van der Waals surface area contributed by atoms with Crippen molar-refractivity contribution in [2.75, 3.05) is 0 Å². The zero-order chi connectivity index (χ0) is 34.2. The number of hydrogen-bond acceptors (Lipinski definition) is 5. The number of hydrogen-bond donors (Lipinski definition) is 0. The smallest absolute Gasteiger partial charge is 0.164 e. The zero-order valence-corrected chi connectivity index (χ0v) is 27.7. The van der Waals surface area contributed by atoms with E-state index in [1.165, 1.54) is 11.1 Å². The van der Waals surface area contributed by atoms with Crippen LogP contribution in [0.3, 0.4) is 0 Å². The standard InChI is InChI=1S/C47H27N3O2/c1-2-10-28(11-3-1)30-20-21-32-27-33(23-22-31(32)26-30)45-48-46(50-47(49-45)37-16-9-19-40-43(37)34-13-4-6-17-38(34)51-40)36-15-8-12-29-24-25-41-44(42(29)36)35-14-5-7-18-39(35)52-41/h1-27H. The maximum Gasteiger partial charge on any atom is 0.164 e. The third-order valence-electron chi connectivity index (χ3n) is 10.1. The van der Waals surface area contributed by atoms with Crippen molar-refractivity contribution >= 4 is 65.4 Å². The summed E-state index contributed by atoms with van der Waals surface area (Å²) < 4.78 is 12.6. The van der Waals surface area contributed by atoms with Gasteiger partial charge in [-0.2, -0.15) is 0 Å². The number of fused-ring (bicyclic) bond motifs is 9. The molecular formula is C47H27N3O2. The quantitative estimate of drug-likeness (QED) is 0.187. The lowest BCUT2D eigenvalue weighted by molar-refractivity contribution is 0.668. The highest BCUT2D eigenvalue weighted by molar-refractivity contribution is 6.22. The van der Waals surface area contributed by atoms with Gasteiger partial charge in [0.2, 0.25) is 0 Å². The molecule has 3 heterocycles. The molecule has 11 rings (SSSR count). The number of benzene rings is 8. The predicted octanol–water partition coefficient (Wildman–Crippen LogP) is 12.6. The van der Waals surface area contributed by atoms with Gasteiger partial charge in [-0.25, -0.2) is 15.0 Å². The van der Waals surface area contributed by atoms with Crippen molar-refractivity contribution in [3.05, 3.63) is 164 Å². The molecule has 5 heteroatoms. The Bertz CT molecular complexity index is 3190. The van der Waals surface area contributed by atoms with Gasteiger partial charge in [-0.05, 0) is 63.7 Å². The van der Waals surface area contributed by atoms with Crippen LogP contribution < -0.4 is 0 Å². The van der Waals surface area contributed by atoms with Gasteiger partial charge >= 0.3 is 0 Å². The van der Waals surface area contributed by atoms with E-state index in [4.69, 9.17) is 23.8 Å². The van der Waals surface area contributed by atoms with Gasteiger partial charge in [0.1, 0.15) is 22.3 Å². The molecule has 0 aliphatic heterocycles. The van der Waals surface area contributed by atoms with Crippen molar-refractivity contribution in [3.63, 3.8) is 0 Å². The molecule has 5 nitrogen and oxygen atoms in total. The fraction of sp³-hybridized carbons (Fsp3) is 0. The van der Waals surface area contributed by atoms with Gasteiger partial charge < -0.3 is 8.83 Å². The summed E-state index contributed by atoms with van der Waals surface area (Å²) in [5, 5.41) is 8.51. The number of para-hydroxylation sites is 2. The van der Waals surface area contributed by atoms with Crippen LogP contribution in [0.15, 0.2) is 173 Å². The Morgan fingerprint density at radius 2 is 0.846 bits per heavy atom. The highest BCUT2D eigenvalue weighted by Gasteiger charge is 2.20. The first kappa shape index (κ1) is 28.7. The first-order chi connectivity index (χ1) is 25.7. The lowest BCUT2D eigenvalue weighted by Crippen LogP contribution is -2.01. The third-order valence-corrected chi connectivity index (χ3v) is 10.1. The molecule has 0 saturated heterocycles. The average molecular weight is 666 g/mol. The SMILES string of the molecule is c1ccc(-c2ccc3cc(-c4nc(-c5cccc6oc7ccccc7c56)nc(-c5cccc6ccc7oc8ccccc8c7c56)n4)ccc3c2)cc1. The lowest BCUT2D eigenvalue weighted by Gasteiger charge is -2.12. The van der Waals surface area contributed by atoms with Crippen LogP contribution in [-0.4, -0.2) is 15.0 Å². The van der Waals surface area contributed by atoms with Crippen LogP contribution in [0.4, 0.5) is 0 Å². The number of furan rings is 2. The highest BCUT2D eigenvalue weighted by atomic mass is 16.3. The molecule has 0 aliphatic carbocycles. The molecule has 3 aromatic heterocycles. The van der Waals surface area contributed by atoms with Crippen LogP contribution in [0, 0.1) is 0 Å². The minimum Gasteiger partial charge on any atom is -0.456 e. The number of nitrogens with zero attached hydrogens (tertiary/aromatic N) is 3. The Kier molecular flexibility index (Phi) is 6.18. The van der Waals surface area contributed by atoms with E-state index in [0.29, 0.717) is 17.5 Å². The van der Waals surface area contributed by atoms with Crippen LogP contribution in [0.25, 0.3) is 111 Å². The summed E-state index contributed by atoms with van der Waals surface area (Å²) in [5.74, 6) is 1.77. The molecule has 0 bridgehead atoms. The van der Waals surface area contributed by atoms with Crippen molar-refractivity contribution in [1.29, 1.82) is 0 Å². The molecule has 0 saturated carbocycles. The molecule has 8 aromatic carbocycles. The highest BCUT2D eigenvalue weighted by Crippen LogP contribution is 2.41. The second-order valence-corrected chi connectivity index (χ2v) is 13.2. The Morgan fingerprint density at radius 1 is 0.308 bits per heavy atom. The van der Waals surface area contributed by atoms with Crippen molar-refractivity contribution in [2.45, 2.75) is 0 Å². The number of aromatic nitrogens is 3. The monoisotopic (exact) mass is 665 g/mol. The molecule has 11 aromatic rings. The zero-order valence-electron chi connectivity index (χ0n) is 27.7. The Labute approximate surface area is 297 Å². The molecule has 0 radical (unpaired) electrons. The van der Waals surface area contributed by atoms with E-state index in [-0.39, 0.29) is 0 Å². The van der Waals surface area contributed by atoms with Crippen molar-refractivity contribution < 1.29 is 8.83 Å². The van der Waals surface area contributed by atoms with Crippen LogP contribution in [-0.2, 0) is 0 Å². The molecule has 0 fully saturated rings. The van der Waals surface area contributed by atoms with Gasteiger partial charge in [-0.3, -0.25) is 0 Å². The summed E-state index contributed by atoms with van der Waals surface area (Å²) in [6.07, 6.45) is 0. The van der Waals surface area contributed by atoms with Crippen LogP contribution in [0.1, 0.15) is 0 Å². The second-order valence-electron chi connectivity index (χ2n) is 13.2. The Hall–Kier alpha value is -7.11. The van der Waals surface area contributed by atoms with Crippen molar-refractivity contribution in [3.8, 4) is 45.3 Å². The minimum absolute atomic E-state index is 0.581. The number of rotatable bonds is 4. The molecule has 0 spiro atoms. The van der Waals surface area contributed by atoms with E-state index in [9.17, 15) is 0 Å². The molecule has 0 amide bonds. The van der Waals surface area contributed by atoms with Gasteiger partial charge in [-0.1, -0.05) is 127 Å². The maximum atomic E-state index is 6.33. The Balaban J connectivity index is 1.18. The lowest BCUT2D eigenvalue weighted by atomic mass is 9.98. The van der Waals surface area contributed by atoms with E-state index in [0.717, 1.165) is 82.1 Å². The normalized spacial score (nSPS) is 11.8. The summed E-state index contributed by atoms with van der Waals surface area (Å²) in [6.45, 7) is 0. The van der Waals surface area contributed by atoms with Crippen molar-refractivity contribution in [1.82, 2.24) is 15.0 Å². The van der Waals surface area contributed by atoms with E-state index in [1.54, 1.807) is 0 Å². The van der Waals surface area contributed by atoms with Gasteiger partial charge in [0.25, 0.3) is 0 Å². The van der Waals surface area contributed by atoms with E-state index < -0.39 is 0 Å². The minimum atomic E-state index is 0.581. The van der Waals surface area contributed by atoms with Crippen LogP contribution in [0.2, 0.25) is 0 Å². The largest absolute Gasteiger partial charge is 0.456 e. The molecule has 0 unspecified atom stereocenters. The van der Waals surface area contributed by atoms with Crippen LogP contribution in [0.5, 0.6) is 0 Å². The predicted molar refractivity (Wildman–Crippen MR) is 211 cm³/mol. The fourth-order valence-electron chi connectivity index (χ4n) is 7.68. The summed E-state index contributed by atoms with van der Waals surface area (Å²) in [7, 11) is 0. The summed E-state index contributed by atoms with van der Waals surface area (Å²) in [4.78, 5) is 15.7. The van der Waals surface area contributed by atoms with Gasteiger partial charge in [0.05, 0.1) is 0 Å². The third kappa shape index (κ3) is 4.46. The summed E-state index contributed by atoms with van der Waals surface area (Å²) in [6, 6.07) is 56.3. The first-order valence-electron chi connectivity index (χ1n) is 17.3. The van der Waals surface area contributed by atoms with Gasteiger partial charge in [-0.15, -0.1) is 0 Å². The topological polar surface area (TPSA) is 65.0 Å². The molecule has 0 aliphatic rings.